The summed E-state index contributed by atoms with van der Waals surface area (Å²) in [6, 6.07) is 8.54. The van der Waals surface area contributed by atoms with Gasteiger partial charge in [0.15, 0.2) is 0 Å². The Labute approximate surface area is 155 Å². The molecule has 0 spiro atoms. The van der Waals surface area contributed by atoms with Gasteiger partial charge in [0.1, 0.15) is 0 Å². The van der Waals surface area contributed by atoms with Crippen LogP contribution in [0.15, 0.2) is 36.7 Å². The van der Waals surface area contributed by atoms with Gasteiger partial charge in [0.2, 0.25) is 0 Å². The highest BCUT2D eigenvalue weighted by molar-refractivity contribution is 6.30. The molecule has 1 aromatic heterocycles. The fourth-order valence-electron chi connectivity index (χ4n) is 3.02. The molecule has 1 saturated heterocycles. The fraction of sp³-hybridized carbons (Fsp3) is 0.500. The van der Waals surface area contributed by atoms with E-state index in [4.69, 9.17) is 11.6 Å². The third-order valence-corrected chi connectivity index (χ3v) is 4.53. The molecule has 1 atom stereocenters. The molecule has 3 rings (SSSR count). The van der Waals surface area contributed by atoms with Crippen molar-refractivity contribution in [3.8, 4) is 0 Å². The number of hydrogen-bond acceptors (Lipinski definition) is 3. The summed E-state index contributed by atoms with van der Waals surface area (Å²) in [5.74, 6) is 0. The quantitative estimate of drug-likeness (QED) is 0.892. The predicted molar refractivity (Wildman–Crippen MR) is 102 cm³/mol. The fourth-order valence-corrected chi connectivity index (χ4v) is 3.22. The first-order valence-corrected chi connectivity index (χ1v) is 8.55. The smallest absolute Gasteiger partial charge is 0.0543 e. The van der Waals surface area contributed by atoms with E-state index in [0.29, 0.717) is 6.04 Å². The van der Waals surface area contributed by atoms with E-state index in [1.807, 2.05) is 23.0 Å². The van der Waals surface area contributed by atoms with Crippen LogP contribution in [-0.4, -0.2) is 34.3 Å². The Morgan fingerprint density at radius 3 is 2.79 bits per heavy atom. The largest absolute Gasteiger partial charge is 0.314 e. The van der Waals surface area contributed by atoms with Crippen LogP contribution in [0.4, 0.5) is 0 Å². The summed E-state index contributed by atoms with van der Waals surface area (Å²) in [5, 5.41) is 8.81. The molecule has 1 N–H and O–H groups in total. The van der Waals surface area contributed by atoms with Crippen molar-refractivity contribution in [2.75, 3.05) is 19.6 Å². The zero-order valence-electron chi connectivity index (χ0n) is 14.5. The number of piperazine rings is 1. The van der Waals surface area contributed by atoms with Crippen LogP contribution in [0, 0.1) is 0 Å². The molecule has 0 bridgehead atoms. The first-order valence-electron chi connectivity index (χ1n) is 8.18. The van der Waals surface area contributed by atoms with Crippen molar-refractivity contribution in [2.24, 2.45) is 0 Å². The molecule has 0 saturated carbocycles. The van der Waals surface area contributed by atoms with Gasteiger partial charge >= 0.3 is 0 Å². The molecule has 1 aliphatic rings. The summed E-state index contributed by atoms with van der Waals surface area (Å²) in [6.45, 7) is 10.4. The minimum atomic E-state index is 0. The number of nitrogens with one attached hydrogen (secondary N) is 1. The second-order valence-corrected chi connectivity index (χ2v) is 7.65. The number of rotatable bonds is 3. The van der Waals surface area contributed by atoms with Gasteiger partial charge in [-0.05, 0) is 38.5 Å². The Morgan fingerprint density at radius 2 is 2.12 bits per heavy atom. The lowest BCUT2D eigenvalue weighted by Crippen LogP contribution is -2.45. The topological polar surface area (TPSA) is 33.1 Å². The highest BCUT2D eigenvalue weighted by Gasteiger charge is 2.25. The van der Waals surface area contributed by atoms with Crippen LogP contribution < -0.4 is 5.32 Å². The van der Waals surface area contributed by atoms with Crippen LogP contribution in [0.2, 0.25) is 5.02 Å². The Hall–Kier alpha value is -1.07. The van der Waals surface area contributed by atoms with E-state index in [1.54, 1.807) is 0 Å². The van der Waals surface area contributed by atoms with Gasteiger partial charge in [0.25, 0.3) is 0 Å². The minimum Gasteiger partial charge on any atom is -0.314 e. The molecule has 0 amide bonds. The Balaban J connectivity index is 0.00000208. The molecule has 24 heavy (non-hydrogen) atoms. The van der Waals surface area contributed by atoms with Crippen molar-refractivity contribution < 1.29 is 0 Å². The molecule has 0 radical (unpaired) electrons. The van der Waals surface area contributed by atoms with E-state index < -0.39 is 0 Å². The number of halogens is 2. The van der Waals surface area contributed by atoms with Crippen LogP contribution in [0.25, 0.3) is 0 Å². The highest BCUT2D eigenvalue weighted by atomic mass is 35.5. The van der Waals surface area contributed by atoms with Crippen LogP contribution in [0.5, 0.6) is 0 Å². The molecular formula is C18H26Cl2N4. The lowest BCUT2D eigenvalue weighted by molar-refractivity contribution is 0.153. The minimum absolute atomic E-state index is 0. The van der Waals surface area contributed by atoms with Gasteiger partial charge in [-0.3, -0.25) is 9.58 Å². The standard InChI is InChI=1S/C18H25ClN4.ClH/c1-18(2,3)23-13-14(10-21-23)12-22-8-7-20-11-17(22)15-5-4-6-16(19)9-15;/h4-6,9-10,13,17,20H,7-8,11-12H2,1-3H3;1H. The van der Waals surface area contributed by atoms with Crippen LogP contribution >= 0.6 is 24.0 Å². The Morgan fingerprint density at radius 1 is 1.33 bits per heavy atom. The van der Waals surface area contributed by atoms with Gasteiger partial charge in [-0.1, -0.05) is 23.7 Å². The second-order valence-electron chi connectivity index (χ2n) is 7.21. The third kappa shape index (κ3) is 4.51. The molecule has 6 heteroatoms. The molecule has 0 aliphatic carbocycles. The van der Waals surface area contributed by atoms with Gasteiger partial charge in [0.05, 0.1) is 11.7 Å². The number of benzene rings is 1. The highest BCUT2D eigenvalue weighted by Crippen LogP contribution is 2.26. The molecule has 132 valence electrons. The molecule has 2 heterocycles. The molecular weight excluding hydrogens is 343 g/mol. The van der Waals surface area contributed by atoms with Crippen molar-refractivity contribution in [1.29, 1.82) is 0 Å². The third-order valence-electron chi connectivity index (χ3n) is 4.30. The van der Waals surface area contributed by atoms with Crippen molar-refractivity contribution in [3.63, 3.8) is 0 Å². The molecule has 1 aliphatic heterocycles. The maximum Gasteiger partial charge on any atom is 0.0543 e. The van der Waals surface area contributed by atoms with E-state index >= 15 is 0 Å². The maximum absolute atomic E-state index is 6.17. The lowest BCUT2D eigenvalue weighted by atomic mass is 10.0. The number of aromatic nitrogens is 2. The Kier molecular flexibility index (Phi) is 6.32. The zero-order valence-corrected chi connectivity index (χ0v) is 16.1. The van der Waals surface area contributed by atoms with Gasteiger partial charge in [-0.15, -0.1) is 12.4 Å². The summed E-state index contributed by atoms with van der Waals surface area (Å²) in [4.78, 5) is 2.51. The average molecular weight is 369 g/mol. The summed E-state index contributed by atoms with van der Waals surface area (Å²) in [7, 11) is 0. The van der Waals surface area contributed by atoms with E-state index in [-0.39, 0.29) is 17.9 Å². The van der Waals surface area contributed by atoms with Crippen LogP contribution in [0.3, 0.4) is 0 Å². The van der Waals surface area contributed by atoms with E-state index in [2.05, 4.69) is 54.4 Å². The van der Waals surface area contributed by atoms with Crippen LogP contribution in [0.1, 0.15) is 37.9 Å². The number of nitrogens with zero attached hydrogens (tertiary/aromatic N) is 3. The summed E-state index contributed by atoms with van der Waals surface area (Å²) >= 11 is 6.17. The van der Waals surface area contributed by atoms with Gasteiger partial charge < -0.3 is 5.32 Å². The average Bonchev–Trinajstić information content (AvgIpc) is 2.96. The molecule has 1 unspecified atom stereocenters. The summed E-state index contributed by atoms with van der Waals surface area (Å²) in [5.41, 5.74) is 2.55. The maximum atomic E-state index is 6.17. The predicted octanol–water partition coefficient (Wildman–Crippen LogP) is 3.86. The SMILES string of the molecule is CC(C)(C)n1cc(CN2CCNCC2c2cccc(Cl)c2)cn1.Cl. The normalized spacial score (nSPS) is 19.1. The van der Waals surface area contributed by atoms with Crippen LogP contribution in [-0.2, 0) is 12.1 Å². The first-order chi connectivity index (χ1) is 10.9. The van der Waals surface area contributed by atoms with Crippen molar-refractivity contribution in [2.45, 2.75) is 38.9 Å². The molecule has 2 aromatic rings. The zero-order chi connectivity index (χ0) is 16.4. The number of hydrogen-bond donors (Lipinski definition) is 1. The lowest BCUT2D eigenvalue weighted by Gasteiger charge is -2.36. The van der Waals surface area contributed by atoms with Crippen molar-refractivity contribution in [3.05, 3.63) is 52.8 Å². The van der Waals surface area contributed by atoms with Gasteiger partial charge in [0, 0.05) is 49.0 Å². The van der Waals surface area contributed by atoms with Crippen molar-refractivity contribution in [1.82, 2.24) is 20.0 Å². The summed E-state index contributed by atoms with van der Waals surface area (Å²) < 4.78 is 2.04. The second kappa shape index (κ2) is 7.87. The molecule has 4 nitrogen and oxygen atoms in total. The van der Waals surface area contributed by atoms with Gasteiger partial charge in [-0.2, -0.15) is 5.10 Å². The van der Waals surface area contributed by atoms with Crippen molar-refractivity contribution >= 4 is 24.0 Å². The van der Waals surface area contributed by atoms with E-state index in [9.17, 15) is 0 Å². The first kappa shape index (κ1) is 19.3. The van der Waals surface area contributed by atoms with E-state index in [1.165, 1.54) is 11.1 Å². The summed E-state index contributed by atoms with van der Waals surface area (Å²) in [6.07, 6.45) is 4.15. The van der Waals surface area contributed by atoms with Gasteiger partial charge in [-0.25, -0.2) is 0 Å². The molecule has 1 aromatic carbocycles. The van der Waals surface area contributed by atoms with E-state index in [0.717, 1.165) is 31.2 Å². The monoisotopic (exact) mass is 368 g/mol. The Bertz CT molecular complexity index is 663. The molecule has 1 fully saturated rings.